The Hall–Kier alpha value is -2.10. The number of furan rings is 1. The summed E-state index contributed by atoms with van der Waals surface area (Å²) in [6.45, 7) is 3.33. The van der Waals surface area contributed by atoms with Gasteiger partial charge in [-0.15, -0.1) is 0 Å². The van der Waals surface area contributed by atoms with Crippen molar-refractivity contribution in [1.29, 1.82) is 0 Å². The third-order valence-electron chi connectivity index (χ3n) is 3.55. The van der Waals surface area contributed by atoms with Gasteiger partial charge >= 0.3 is 0 Å². The molecule has 0 bridgehead atoms. The molecule has 1 fully saturated rings. The molecule has 0 spiro atoms. The van der Waals surface area contributed by atoms with Crippen LogP contribution in [0.1, 0.15) is 25.5 Å². The lowest BCUT2D eigenvalue weighted by Gasteiger charge is -2.26. The second kappa shape index (κ2) is 5.49. The topological polar surface area (TPSA) is 51.6 Å². The van der Waals surface area contributed by atoms with Gasteiger partial charge in [0.15, 0.2) is 0 Å². The highest BCUT2D eigenvalue weighted by molar-refractivity contribution is 5.74. The molecule has 106 valence electrons. The first-order valence-corrected chi connectivity index (χ1v) is 7.10. The summed E-state index contributed by atoms with van der Waals surface area (Å²) >= 11 is 0. The SMILES string of the molecule is CCOc1cccc(N(Cc2ccco2)C2CC2)c1N. The molecule has 2 N–H and O–H groups in total. The van der Waals surface area contributed by atoms with Crippen LogP contribution >= 0.6 is 0 Å². The summed E-state index contributed by atoms with van der Waals surface area (Å²) < 4.78 is 11.1. The first-order chi connectivity index (χ1) is 9.79. The van der Waals surface area contributed by atoms with Crippen LogP contribution in [0.15, 0.2) is 41.0 Å². The molecule has 0 radical (unpaired) electrons. The van der Waals surface area contributed by atoms with Gasteiger partial charge in [-0.05, 0) is 44.0 Å². The summed E-state index contributed by atoms with van der Waals surface area (Å²) in [6, 6.07) is 10.4. The standard InChI is InChI=1S/C16H20N2O2/c1-2-19-15-7-3-6-14(16(15)17)18(12-8-9-12)11-13-5-4-10-20-13/h3-7,10,12H,2,8-9,11,17H2,1H3. The molecule has 2 aromatic rings. The highest BCUT2D eigenvalue weighted by Gasteiger charge is 2.31. The lowest BCUT2D eigenvalue weighted by molar-refractivity contribution is 0.342. The van der Waals surface area contributed by atoms with Gasteiger partial charge in [0.1, 0.15) is 11.5 Å². The van der Waals surface area contributed by atoms with Crippen LogP contribution in [-0.4, -0.2) is 12.6 Å². The zero-order valence-electron chi connectivity index (χ0n) is 11.7. The zero-order chi connectivity index (χ0) is 13.9. The molecule has 1 aliphatic rings. The minimum Gasteiger partial charge on any atom is -0.492 e. The lowest BCUT2D eigenvalue weighted by Crippen LogP contribution is -2.25. The largest absolute Gasteiger partial charge is 0.492 e. The second-order valence-electron chi connectivity index (χ2n) is 5.06. The number of nitrogens with two attached hydrogens (primary N) is 1. The van der Waals surface area contributed by atoms with Gasteiger partial charge in [-0.3, -0.25) is 0 Å². The molecule has 0 unspecified atom stereocenters. The second-order valence-corrected chi connectivity index (χ2v) is 5.06. The molecule has 3 rings (SSSR count). The van der Waals surface area contributed by atoms with Gasteiger partial charge < -0.3 is 19.8 Å². The van der Waals surface area contributed by atoms with Gasteiger partial charge in [-0.25, -0.2) is 0 Å². The van der Waals surface area contributed by atoms with E-state index in [1.807, 2.05) is 31.2 Å². The Morgan fingerprint density at radius 1 is 1.30 bits per heavy atom. The van der Waals surface area contributed by atoms with Gasteiger partial charge in [0.25, 0.3) is 0 Å². The number of nitrogen functional groups attached to an aromatic ring is 1. The number of para-hydroxylation sites is 1. The lowest BCUT2D eigenvalue weighted by atomic mass is 10.2. The fourth-order valence-corrected chi connectivity index (χ4v) is 2.43. The fraction of sp³-hybridized carbons (Fsp3) is 0.375. The first-order valence-electron chi connectivity index (χ1n) is 7.10. The van der Waals surface area contributed by atoms with Crippen LogP contribution < -0.4 is 15.4 Å². The van der Waals surface area contributed by atoms with Crippen LogP contribution in [0.2, 0.25) is 0 Å². The molecule has 4 nitrogen and oxygen atoms in total. The third-order valence-corrected chi connectivity index (χ3v) is 3.55. The Bertz CT molecular complexity index is 562. The van der Waals surface area contributed by atoms with Crippen molar-refractivity contribution in [2.45, 2.75) is 32.4 Å². The van der Waals surface area contributed by atoms with E-state index in [2.05, 4.69) is 11.0 Å². The van der Waals surface area contributed by atoms with E-state index in [0.717, 1.165) is 23.7 Å². The monoisotopic (exact) mass is 272 g/mol. The first kappa shape index (κ1) is 12.9. The van der Waals surface area contributed by atoms with Gasteiger partial charge in [0, 0.05) is 6.04 Å². The molecule has 1 aromatic carbocycles. The average molecular weight is 272 g/mol. The Labute approximate surface area is 119 Å². The van der Waals surface area contributed by atoms with Crippen molar-refractivity contribution >= 4 is 11.4 Å². The number of rotatable bonds is 6. The molecular weight excluding hydrogens is 252 g/mol. The number of ether oxygens (including phenoxy) is 1. The van der Waals surface area contributed by atoms with E-state index in [1.54, 1.807) is 6.26 Å². The molecule has 0 atom stereocenters. The van der Waals surface area contributed by atoms with E-state index < -0.39 is 0 Å². The number of hydrogen-bond acceptors (Lipinski definition) is 4. The van der Waals surface area contributed by atoms with Crippen molar-refractivity contribution in [3.05, 3.63) is 42.4 Å². The Morgan fingerprint density at radius 2 is 2.15 bits per heavy atom. The predicted octanol–water partition coefficient (Wildman–Crippen LogP) is 3.43. The van der Waals surface area contributed by atoms with Crippen molar-refractivity contribution in [3.8, 4) is 5.75 Å². The molecule has 1 heterocycles. The van der Waals surface area contributed by atoms with E-state index in [1.165, 1.54) is 12.8 Å². The maximum absolute atomic E-state index is 6.27. The van der Waals surface area contributed by atoms with Crippen LogP contribution in [0.25, 0.3) is 0 Å². The maximum Gasteiger partial charge on any atom is 0.144 e. The summed E-state index contributed by atoms with van der Waals surface area (Å²) in [5, 5.41) is 0. The Morgan fingerprint density at radius 3 is 2.80 bits per heavy atom. The highest BCUT2D eigenvalue weighted by atomic mass is 16.5. The number of anilines is 2. The predicted molar refractivity (Wildman–Crippen MR) is 79.9 cm³/mol. The van der Waals surface area contributed by atoms with Crippen molar-refractivity contribution in [2.75, 3.05) is 17.2 Å². The van der Waals surface area contributed by atoms with E-state index >= 15 is 0 Å². The quantitative estimate of drug-likeness (QED) is 0.818. The minimum atomic E-state index is 0.555. The maximum atomic E-state index is 6.27. The molecule has 1 aliphatic carbocycles. The van der Waals surface area contributed by atoms with Crippen LogP contribution in [0, 0.1) is 0 Å². The van der Waals surface area contributed by atoms with Crippen molar-refractivity contribution < 1.29 is 9.15 Å². The number of nitrogens with zero attached hydrogens (tertiary/aromatic N) is 1. The van der Waals surface area contributed by atoms with E-state index in [4.69, 9.17) is 14.9 Å². The highest BCUT2D eigenvalue weighted by Crippen LogP contribution is 2.39. The fourth-order valence-electron chi connectivity index (χ4n) is 2.43. The molecule has 0 aliphatic heterocycles. The van der Waals surface area contributed by atoms with Gasteiger partial charge in [-0.2, -0.15) is 0 Å². The molecule has 20 heavy (non-hydrogen) atoms. The summed E-state index contributed by atoms with van der Waals surface area (Å²) in [7, 11) is 0. The normalized spacial score (nSPS) is 14.2. The molecule has 0 saturated heterocycles. The molecular formula is C16H20N2O2. The molecule has 1 aromatic heterocycles. The summed E-state index contributed by atoms with van der Waals surface area (Å²) in [5.74, 6) is 1.72. The van der Waals surface area contributed by atoms with Crippen LogP contribution in [0.5, 0.6) is 5.75 Å². The molecule has 0 amide bonds. The van der Waals surface area contributed by atoms with Crippen molar-refractivity contribution in [3.63, 3.8) is 0 Å². The van der Waals surface area contributed by atoms with Crippen LogP contribution in [-0.2, 0) is 6.54 Å². The van der Waals surface area contributed by atoms with Crippen molar-refractivity contribution in [1.82, 2.24) is 0 Å². The summed E-state index contributed by atoms with van der Waals surface area (Å²) in [4.78, 5) is 2.32. The van der Waals surface area contributed by atoms with Gasteiger partial charge in [0.05, 0.1) is 30.8 Å². The van der Waals surface area contributed by atoms with E-state index in [-0.39, 0.29) is 0 Å². The van der Waals surface area contributed by atoms with E-state index in [9.17, 15) is 0 Å². The third kappa shape index (κ3) is 2.59. The molecule has 1 saturated carbocycles. The van der Waals surface area contributed by atoms with Crippen LogP contribution in [0.3, 0.4) is 0 Å². The summed E-state index contributed by atoms with van der Waals surface area (Å²) in [6.07, 6.45) is 4.12. The van der Waals surface area contributed by atoms with E-state index in [0.29, 0.717) is 18.3 Å². The van der Waals surface area contributed by atoms with Gasteiger partial charge in [0.2, 0.25) is 0 Å². The van der Waals surface area contributed by atoms with Crippen molar-refractivity contribution in [2.24, 2.45) is 0 Å². The van der Waals surface area contributed by atoms with Crippen LogP contribution in [0.4, 0.5) is 11.4 Å². The number of hydrogen-bond donors (Lipinski definition) is 1. The summed E-state index contributed by atoms with van der Waals surface area (Å²) in [5.41, 5.74) is 8.02. The van der Waals surface area contributed by atoms with Gasteiger partial charge in [-0.1, -0.05) is 6.07 Å². The molecule has 4 heteroatoms. The smallest absolute Gasteiger partial charge is 0.144 e. The average Bonchev–Trinajstić information content (AvgIpc) is 3.16. The minimum absolute atomic E-state index is 0.555. The zero-order valence-corrected chi connectivity index (χ0v) is 11.7. The Kier molecular flexibility index (Phi) is 3.54. The number of benzene rings is 1. The Balaban J connectivity index is 1.89.